The molecule has 0 saturated carbocycles. The molecule has 1 unspecified atom stereocenters. The largest absolute Gasteiger partial charge is 0.456 e. The third-order valence-electron chi connectivity index (χ3n) is 12.8. The summed E-state index contributed by atoms with van der Waals surface area (Å²) in [7, 11) is 0. The van der Waals surface area contributed by atoms with Gasteiger partial charge in [0.2, 0.25) is 0 Å². The lowest BCUT2D eigenvalue weighted by Crippen LogP contribution is -2.32. The second kappa shape index (κ2) is 14.6. The lowest BCUT2D eigenvalue weighted by Gasteiger charge is -2.40. The van der Waals surface area contributed by atoms with Crippen LogP contribution in [0.25, 0.3) is 62.0 Å². The van der Waals surface area contributed by atoms with E-state index in [2.05, 4.69) is 188 Å². The molecule has 1 atom stereocenters. The van der Waals surface area contributed by atoms with E-state index in [9.17, 15) is 0 Å². The lowest BCUT2D eigenvalue weighted by atomic mass is 9.65. The van der Waals surface area contributed by atoms with Gasteiger partial charge in [-0.2, -0.15) is 0 Å². The van der Waals surface area contributed by atoms with Gasteiger partial charge >= 0.3 is 0 Å². The molecule has 0 radical (unpaired) electrons. The zero-order valence-corrected chi connectivity index (χ0v) is 33.8. The molecular weight excluding hydrogens is 755 g/mol. The van der Waals surface area contributed by atoms with Gasteiger partial charge < -0.3 is 4.74 Å². The van der Waals surface area contributed by atoms with E-state index in [4.69, 9.17) is 19.7 Å². The molecule has 2 aliphatic carbocycles. The summed E-state index contributed by atoms with van der Waals surface area (Å²) in [5.41, 5.74) is 15.6. The average Bonchev–Trinajstić information content (AvgIpc) is 3.65. The van der Waals surface area contributed by atoms with Gasteiger partial charge in [0.05, 0.1) is 5.41 Å². The van der Waals surface area contributed by atoms with Gasteiger partial charge in [0.15, 0.2) is 17.5 Å². The number of ether oxygens (including phenoxy) is 1. The van der Waals surface area contributed by atoms with Crippen LogP contribution in [-0.4, -0.2) is 15.0 Å². The highest BCUT2D eigenvalue weighted by Crippen LogP contribution is 2.63. The number of aromatic nitrogens is 3. The number of nitrogens with zero attached hydrogens (tertiary/aromatic N) is 3. The maximum absolute atomic E-state index is 7.05. The SMILES string of the molecule is C1=CC(c2cccc3c2Oc2ccccc2C32c3ccccc3-c3ccccc32)CC(c2cccc(-c3nc(-c4ccccc4)nc(-c4ccccc4-c4ccccc4)n3)c2)=C1. The summed E-state index contributed by atoms with van der Waals surface area (Å²) in [5, 5.41) is 0. The first-order valence-electron chi connectivity index (χ1n) is 21.3. The van der Waals surface area contributed by atoms with E-state index in [0.29, 0.717) is 17.5 Å². The lowest BCUT2D eigenvalue weighted by molar-refractivity contribution is 0.429. The van der Waals surface area contributed by atoms with Crippen molar-refractivity contribution in [2.24, 2.45) is 0 Å². The van der Waals surface area contributed by atoms with Crippen LogP contribution in [-0.2, 0) is 5.41 Å². The van der Waals surface area contributed by atoms with Crippen LogP contribution < -0.4 is 4.74 Å². The number of hydrogen-bond acceptors (Lipinski definition) is 4. The van der Waals surface area contributed by atoms with Gasteiger partial charge in [0.1, 0.15) is 11.5 Å². The molecule has 0 fully saturated rings. The van der Waals surface area contributed by atoms with Gasteiger partial charge in [0.25, 0.3) is 0 Å². The Hall–Kier alpha value is -7.95. The summed E-state index contributed by atoms with van der Waals surface area (Å²) in [6.45, 7) is 0. The molecule has 2 heterocycles. The molecule has 3 aliphatic rings. The number of allylic oxidation sites excluding steroid dienone is 4. The van der Waals surface area contributed by atoms with Gasteiger partial charge in [-0.15, -0.1) is 0 Å². The number of hydrogen-bond donors (Lipinski definition) is 0. The molecule has 0 N–H and O–H groups in total. The predicted molar refractivity (Wildman–Crippen MR) is 250 cm³/mol. The minimum atomic E-state index is -0.498. The van der Waals surface area contributed by atoms with Crippen molar-refractivity contribution in [2.75, 3.05) is 0 Å². The van der Waals surface area contributed by atoms with E-state index in [1.54, 1.807) is 0 Å². The highest BCUT2D eigenvalue weighted by atomic mass is 16.5. The molecule has 0 amide bonds. The summed E-state index contributed by atoms with van der Waals surface area (Å²) < 4.78 is 7.05. The van der Waals surface area contributed by atoms with Gasteiger partial charge in [-0.3, -0.25) is 0 Å². The van der Waals surface area contributed by atoms with Crippen LogP contribution in [0.2, 0.25) is 0 Å². The van der Waals surface area contributed by atoms with Crippen molar-refractivity contribution in [3.05, 3.63) is 252 Å². The van der Waals surface area contributed by atoms with Crippen molar-refractivity contribution in [2.45, 2.75) is 17.8 Å². The second-order valence-electron chi connectivity index (χ2n) is 16.2. The summed E-state index contributed by atoms with van der Waals surface area (Å²) in [5.74, 6) is 3.85. The fourth-order valence-electron chi connectivity index (χ4n) is 10.0. The molecule has 1 aliphatic heterocycles. The third-order valence-corrected chi connectivity index (χ3v) is 12.8. The first-order chi connectivity index (χ1) is 30.7. The van der Waals surface area contributed by atoms with Crippen LogP contribution >= 0.6 is 0 Å². The molecule has 1 spiro atoms. The fourth-order valence-corrected chi connectivity index (χ4v) is 10.0. The Kier molecular flexibility index (Phi) is 8.49. The highest BCUT2D eigenvalue weighted by Gasteiger charge is 2.51. The summed E-state index contributed by atoms with van der Waals surface area (Å²) >= 11 is 0. The Bertz CT molecular complexity index is 3210. The standard InChI is InChI=1S/C58H39N3O/c1-3-18-38(19-4-1)44-26-7-8-29-48(44)57-60-55(39-20-5-2-6-21-39)59-56(61-57)43-25-16-23-41(37-43)40-22-15-24-42(36-40)45-30-17-34-52-54(45)62-53-35-14-13-33-51(53)58(52)49-31-11-9-27-46(49)47-28-10-12-32-50(47)58/h1-35,37,42H,36H2. The quantitative estimate of drug-likeness (QED) is 0.168. The third kappa shape index (κ3) is 5.72. The minimum absolute atomic E-state index is 0.0887. The van der Waals surface area contributed by atoms with E-state index < -0.39 is 5.41 Å². The number of benzene rings is 8. The number of rotatable bonds is 6. The van der Waals surface area contributed by atoms with Crippen LogP contribution in [0, 0.1) is 0 Å². The summed E-state index contributed by atoms with van der Waals surface area (Å²) in [6, 6.07) is 70.8. The first-order valence-corrected chi connectivity index (χ1v) is 21.3. The van der Waals surface area contributed by atoms with Gasteiger partial charge in [-0.1, -0.05) is 206 Å². The number of para-hydroxylation sites is 2. The topological polar surface area (TPSA) is 47.9 Å². The molecule has 9 aromatic rings. The molecule has 292 valence electrons. The molecule has 1 aromatic heterocycles. The Labute approximate surface area is 361 Å². The Morgan fingerprint density at radius 3 is 1.69 bits per heavy atom. The van der Waals surface area contributed by atoms with Gasteiger partial charge in [0, 0.05) is 39.3 Å². The van der Waals surface area contributed by atoms with Crippen LogP contribution in [0.1, 0.15) is 45.7 Å². The molecule has 12 rings (SSSR count). The van der Waals surface area contributed by atoms with Gasteiger partial charge in [-0.05, 0) is 63.1 Å². The molecule has 8 aromatic carbocycles. The van der Waals surface area contributed by atoms with Crippen molar-refractivity contribution in [3.8, 4) is 67.9 Å². The van der Waals surface area contributed by atoms with Crippen LogP contribution in [0.4, 0.5) is 0 Å². The van der Waals surface area contributed by atoms with E-state index in [0.717, 1.165) is 51.3 Å². The summed E-state index contributed by atoms with van der Waals surface area (Å²) in [4.78, 5) is 15.4. The van der Waals surface area contributed by atoms with E-state index in [1.165, 1.54) is 44.5 Å². The van der Waals surface area contributed by atoms with Crippen LogP contribution in [0.5, 0.6) is 11.5 Å². The molecule has 4 nitrogen and oxygen atoms in total. The zero-order valence-electron chi connectivity index (χ0n) is 33.8. The van der Waals surface area contributed by atoms with Crippen molar-refractivity contribution in [1.82, 2.24) is 15.0 Å². The van der Waals surface area contributed by atoms with Crippen molar-refractivity contribution in [1.29, 1.82) is 0 Å². The molecular formula is C58H39N3O. The molecule has 0 bridgehead atoms. The van der Waals surface area contributed by atoms with Crippen LogP contribution in [0.3, 0.4) is 0 Å². The Morgan fingerprint density at radius 2 is 0.952 bits per heavy atom. The maximum atomic E-state index is 7.05. The van der Waals surface area contributed by atoms with Crippen molar-refractivity contribution >= 4 is 5.57 Å². The molecule has 0 saturated heterocycles. The van der Waals surface area contributed by atoms with E-state index >= 15 is 0 Å². The number of fused-ring (bicyclic) bond motifs is 9. The average molecular weight is 794 g/mol. The van der Waals surface area contributed by atoms with E-state index in [1.807, 2.05) is 30.3 Å². The zero-order chi connectivity index (χ0) is 41.0. The Morgan fingerprint density at radius 1 is 0.419 bits per heavy atom. The summed E-state index contributed by atoms with van der Waals surface area (Å²) in [6.07, 6.45) is 7.59. The van der Waals surface area contributed by atoms with Crippen molar-refractivity contribution in [3.63, 3.8) is 0 Å². The van der Waals surface area contributed by atoms with Crippen LogP contribution in [0.15, 0.2) is 218 Å². The van der Waals surface area contributed by atoms with Gasteiger partial charge in [-0.25, -0.2) is 15.0 Å². The smallest absolute Gasteiger partial charge is 0.164 e. The minimum Gasteiger partial charge on any atom is -0.456 e. The normalized spacial score (nSPS) is 15.2. The molecule has 4 heteroatoms. The monoisotopic (exact) mass is 793 g/mol. The fraction of sp³-hybridized carbons (Fsp3) is 0.0517. The maximum Gasteiger partial charge on any atom is 0.164 e. The van der Waals surface area contributed by atoms with Crippen molar-refractivity contribution < 1.29 is 4.74 Å². The Balaban J connectivity index is 0.937. The second-order valence-corrected chi connectivity index (χ2v) is 16.2. The van der Waals surface area contributed by atoms with E-state index in [-0.39, 0.29) is 5.92 Å². The predicted octanol–water partition coefficient (Wildman–Crippen LogP) is 14.1. The highest BCUT2D eigenvalue weighted by molar-refractivity contribution is 5.89. The first kappa shape index (κ1) is 35.9. The molecule has 62 heavy (non-hydrogen) atoms.